The van der Waals surface area contributed by atoms with Gasteiger partial charge in [-0.15, -0.1) is 0 Å². The molecule has 7 heteroatoms. The van der Waals surface area contributed by atoms with Crippen LogP contribution in [0.2, 0.25) is 0 Å². The van der Waals surface area contributed by atoms with Crippen LogP contribution in [0.1, 0.15) is 60.8 Å². The number of carbonyl (C=O) groups excluding carboxylic acids is 3. The van der Waals surface area contributed by atoms with E-state index in [9.17, 15) is 24.6 Å². The monoisotopic (exact) mass is 512 g/mol. The maximum absolute atomic E-state index is 13.1. The molecule has 4 rings (SSSR count). The summed E-state index contributed by atoms with van der Waals surface area (Å²) in [5, 5.41) is 22.7. The molecule has 0 aromatic rings. The van der Waals surface area contributed by atoms with Crippen molar-refractivity contribution in [2.75, 3.05) is 6.61 Å². The van der Waals surface area contributed by atoms with Crippen molar-refractivity contribution in [3.8, 4) is 0 Å². The topological polar surface area (TPSA) is 110 Å². The van der Waals surface area contributed by atoms with Crippen molar-refractivity contribution in [1.82, 2.24) is 0 Å². The van der Waals surface area contributed by atoms with E-state index in [-0.39, 0.29) is 18.3 Å². The van der Waals surface area contributed by atoms with Gasteiger partial charge in [-0.25, -0.2) is 4.79 Å². The second-order valence-corrected chi connectivity index (χ2v) is 11.8. The zero-order valence-electron chi connectivity index (χ0n) is 22.7. The zero-order chi connectivity index (χ0) is 27.3. The maximum Gasteiger partial charge on any atom is 0.331 e. The quantitative estimate of drug-likeness (QED) is 0.231. The van der Waals surface area contributed by atoms with E-state index in [1.807, 2.05) is 39.0 Å². The maximum atomic E-state index is 13.1. The van der Waals surface area contributed by atoms with Gasteiger partial charge in [0.2, 0.25) is 0 Å². The van der Waals surface area contributed by atoms with Crippen LogP contribution >= 0.6 is 0 Å². The van der Waals surface area contributed by atoms with Gasteiger partial charge in [-0.3, -0.25) is 9.59 Å². The van der Waals surface area contributed by atoms with Gasteiger partial charge in [0.1, 0.15) is 6.10 Å². The predicted molar refractivity (Wildman–Crippen MR) is 138 cm³/mol. The van der Waals surface area contributed by atoms with E-state index in [0.717, 1.165) is 12.8 Å². The van der Waals surface area contributed by atoms with E-state index in [2.05, 4.69) is 6.92 Å². The SMILES string of the molecule is CCC/C=C/C=C\C(=O)O[C@H]1[C@@H](C)[C@@]2(O)[C@@H]3C=C(C)C(=O)[C@H]3CC(CO)=C[C@@H]2[C@H]2C(C)(C)[C@@]12OC(C)=O. The van der Waals surface area contributed by atoms with Crippen LogP contribution in [0, 0.1) is 35.0 Å². The molecule has 0 radical (unpaired) electrons. The third kappa shape index (κ3) is 4.06. The first-order valence-corrected chi connectivity index (χ1v) is 13.4. The van der Waals surface area contributed by atoms with E-state index in [0.29, 0.717) is 17.6 Å². The third-order valence-electron chi connectivity index (χ3n) is 9.38. The standard InChI is InChI=1S/C30H40O7/c1-7-8-9-10-11-12-24(33)36-27-18(3)29(35)22-13-17(2)25(34)21(22)14-20(16-31)15-23(29)26-28(5,6)30(26,27)37-19(4)32/h9-13,15,18,21-23,26-27,31,35H,7-8,14,16H2,1-6H3/b10-9+,12-11-/t18-,21+,22-,23-,26+,27+,29-,30+/m1/s1. The number of hydrogen-bond donors (Lipinski definition) is 2. The molecule has 2 saturated carbocycles. The number of Topliss-reactive ketones (excluding diaryl/α,β-unsaturated/α-hetero) is 1. The first-order chi connectivity index (χ1) is 17.4. The first-order valence-electron chi connectivity index (χ1n) is 13.4. The Hall–Kier alpha value is -2.51. The lowest BCUT2D eigenvalue weighted by Crippen LogP contribution is -2.63. The van der Waals surface area contributed by atoms with Crippen molar-refractivity contribution in [3.63, 3.8) is 0 Å². The molecule has 0 saturated heterocycles. The van der Waals surface area contributed by atoms with Gasteiger partial charge in [-0.1, -0.05) is 64.5 Å². The lowest BCUT2D eigenvalue weighted by Gasteiger charge is -2.52. The van der Waals surface area contributed by atoms with E-state index in [1.165, 1.54) is 13.0 Å². The Morgan fingerprint density at radius 1 is 1.19 bits per heavy atom. The number of ketones is 1. The normalized spacial score (nSPS) is 39.8. The largest absolute Gasteiger partial charge is 0.455 e. The summed E-state index contributed by atoms with van der Waals surface area (Å²) < 4.78 is 12.1. The number of rotatable bonds is 7. The van der Waals surface area contributed by atoms with Crippen molar-refractivity contribution >= 4 is 17.7 Å². The number of aliphatic hydroxyl groups excluding tert-OH is 1. The van der Waals surface area contributed by atoms with Gasteiger partial charge in [-0.2, -0.15) is 0 Å². The van der Waals surface area contributed by atoms with Crippen LogP contribution in [0.25, 0.3) is 0 Å². The smallest absolute Gasteiger partial charge is 0.331 e. The zero-order valence-corrected chi connectivity index (χ0v) is 22.7. The second-order valence-electron chi connectivity index (χ2n) is 11.8. The summed E-state index contributed by atoms with van der Waals surface area (Å²) in [5.41, 5.74) is -1.94. The molecule has 4 aliphatic carbocycles. The highest BCUT2D eigenvalue weighted by Gasteiger charge is 2.87. The minimum absolute atomic E-state index is 0.0344. The molecule has 202 valence electrons. The molecule has 0 bridgehead atoms. The Balaban J connectivity index is 1.81. The van der Waals surface area contributed by atoms with Gasteiger partial charge >= 0.3 is 11.9 Å². The average molecular weight is 513 g/mol. The number of unbranched alkanes of at least 4 members (excludes halogenated alkanes) is 1. The Kier molecular flexibility index (Phi) is 7.19. The highest BCUT2D eigenvalue weighted by molar-refractivity contribution is 6.00. The van der Waals surface area contributed by atoms with Gasteiger partial charge in [0.15, 0.2) is 11.4 Å². The number of allylic oxidation sites excluding steroid dienone is 4. The molecular weight excluding hydrogens is 472 g/mol. The summed E-state index contributed by atoms with van der Waals surface area (Å²) in [7, 11) is 0. The van der Waals surface area contributed by atoms with Gasteiger partial charge in [0.05, 0.1) is 12.2 Å². The molecule has 2 N–H and O–H groups in total. The van der Waals surface area contributed by atoms with Crippen LogP contribution in [0.5, 0.6) is 0 Å². The minimum Gasteiger partial charge on any atom is -0.455 e. The van der Waals surface area contributed by atoms with Crippen LogP contribution in [-0.2, 0) is 23.9 Å². The second kappa shape index (κ2) is 9.66. The molecular formula is C30H40O7. The molecule has 7 nitrogen and oxygen atoms in total. The fourth-order valence-electron chi connectivity index (χ4n) is 7.64. The van der Waals surface area contributed by atoms with Crippen molar-refractivity contribution in [2.45, 2.75) is 78.1 Å². The van der Waals surface area contributed by atoms with Crippen LogP contribution < -0.4 is 0 Å². The molecule has 0 spiro atoms. The molecule has 0 heterocycles. The summed E-state index contributed by atoms with van der Waals surface area (Å²) in [6.07, 6.45) is 11.8. The first kappa shape index (κ1) is 27.5. The molecule has 0 unspecified atom stereocenters. The van der Waals surface area contributed by atoms with E-state index in [4.69, 9.17) is 9.47 Å². The van der Waals surface area contributed by atoms with E-state index < -0.39 is 58.3 Å². The van der Waals surface area contributed by atoms with E-state index >= 15 is 0 Å². The number of ether oxygens (including phenoxy) is 2. The highest BCUT2D eigenvalue weighted by Crippen LogP contribution is 2.76. The lowest BCUT2D eigenvalue weighted by atomic mass is 9.60. The Morgan fingerprint density at radius 2 is 1.89 bits per heavy atom. The molecule has 0 aromatic heterocycles. The Labute approximate surface area is 219 Å². The fraction of sp³-hybridized carbons (Fsp3) is 0.633. The van der Waals surface area contributed by atoms with Crippen molar-refractivity contribution in [1.29, 1.82) is 0 Å². The molecule has 0 amide bonds. The number of aliphatic hydroxyl groups is 2. The predicted octanol–water partition coefficient (Wildman–Crippen LogP) is 3.85. The molecule has 0 aromatic carbocycles. The summed E-state index contributed by atoms with van der Waals surface area (Å²) in [5.74, 6) is -3.67. The number of fused-ring (bicyclic) bond motifs is 5. The van der Waals surface area contributed by atoms with Crippen molar-refractivity contribution in [2.24, 2.45) is 35.0 Å². The van der Waals surface area contributed by atoms with E-state index in [1.54, 1.807) is 19.1 Å². The molecule has 2 fully saturated rings. The van der Waals surface area contributed by atoms with Gasteiger partial charge in [-0.05, 0) is 30.9 Å². The van der Waals surface area contributed by atoms with Crippen molar-refractivity contribution in [3.05, 3.63) is 47.6 Å². The summed E-state index contributed by atoms with van der Waals surface area (Å²) in [4.78, 5) is 38.5. The van der Waals surface area contributed by atoms with Gasteiger partial charge in [0, 0.05) is 48.0 Å². The van der Waals surface area contributed by atoms with Gasteiger partial charge in [0.25, 0.3) is 0 Å². The third-order valence-corrected chi connectivity index (χ3v) is 9.38. The fourth-order valence-corrected chi connectivity index (χ4v) is 7.64. The lowest BCUT2D eigenvalue weighted by molar-refractivity contribution is -0.217. The van der Waals surface area contributed by atoms with Gasteiger partial charge < -0.3 is 19.7 Å². The summed E-state index contributed by atoms with van der Waals surface area (Å²) in [6, 6.07) is 0. The van der Waals surface area contributed by atoms with Crippen molar-refractivity contribution < 1.29 is 34.1 Å². The Morgan fingerprint density at radius 3 is 2.51 bits per heavy atom. The summed E-state index contributed by atoms with van der Waals surface area (Å²) >= 11 is 0. The summed E-state index contributed by atoms with van der Waals surface area (Å²) in [6.45, 7) is 10.7. The molecule has 37 heavy (non-hydrogen) atoms. The van der Waals surface area contributed by atoms with Crippen LogP contribution in [-0.4, -0.2) is 51.8 Å². The van der Waals surface area contributed by atoms with Crippen LogP contribution in [0.3, 0.4) is 0 Å². The van der Waals surface area contributed by atoms with Crippen LogP contribution in [0.4, 0.5) is 0 Å². The van der Waals surface area contributed by atoms with Crippen LogP contribution in [0.15, 0.2) is 47.6 Å². The Bertz CT molecular complexity index is 1100. The number of hydrogen-bond acceptors (Lipinski definition) is 7. The highest BCUT2D eigenvalue weighted by atomic mass is 16.6. The molecule has 0 aliphatic heterocycles. The molecule has 4 aliphatic rings. The molecule has 8 atom stereocenters. The minimum atomic E-state index is -1.45. The number of carbonyl (C=O) groups is 3. The average Bonchev–Trinajstić information content (AvgIpc) is 3.22. The number of esters is 2.